The quantitative estimate of drug-likeness (QED) is 0.420. The normalized spacial score (nSPS) is 12.8. The molecule has 0 aliphatic rings. The van der Waals surface area contributed by atoms with Crippen molar-refractivity contribution in [3.63, 3.8) is 0 Å². The van der Waals surface area contributed by atoms with Crippen molar-refractivity contribution >= 4 is 0 Å². The number of hydrogen-bond donors (Lipinski definition) is 0. The molecule has 0 saturated carbocycles. The SMILES string of the molecule is CCCCCCC(C)(CCCCCC)n1nccc1C(F)(F)F. The van der Waals surface area contributed by atoms with E-state index in [1.54, 1.807) is 0 Å². The van der Waals surface area contributed by atoms with Crippen molar-refractivity contribution in [1.29, 1.82) is 0 Å². The Morgan fingerprint density at radius 2 is 1.43 bits per heavy atom. The third kappa shape index (κ3) is 6.19. The molecular formula is C18H31F3N2. The van der Waals surface area contributed by atoms with Gasteiger partial charge in [0.05, 0.1) is 5.54 Å². The molecule has 0 radical (unpaired) electrons. The second-order valence-electron chi connectivity index (χ2n) is 6.74. The molecule has 0 bridgehead atoms. The molecule has 0 saturated heterocycles. The second-order valence-corrected chi connectivity index (χ2v) is 6.74. The number of nitrogens with zero attached hydrogens (tertiary/aromatic N) is 2. The Kier molecular flexibility index (Phi) is 8.13. The van der Waals surface area contributed by atoms with Crippen LogP contribution in [0.1, 0.15) is 90.7 Å². The van der Waals surface area contributed by atoms with Gasteiger partial charge in [0, 0.05) is 6.20 Å². The lowest BCUT2D eigenvalue weighted by atomic mass is 9.88. The number of aromatic nitrogens is 2. The van der Waals surface area contributed by atoms with E-state index in [9.17, 15) is 13.2 Å². The molecule has 1 aromatic rings. The Morgan fingerprint density at radius 3 is 1.87 bits per heavy atom. The lowest BCUT2D eigenvalue weighted by molar-refractivity contribution is -0.146. The second kappa shape index (κ2) is 9.33. The third-order valence-electron chi connectivity index (χ3n) is 4.58. The molecule has 0 spiro atoms. The molecule has 1 rings (SSSR count). The highest BCUT2D eigenvalue weighted by Crippen LogP contribution is 2.36. The van der Waals surface area contributed by atoms with Crippen LogP contribution in [0.25, 0.3) is 0 Å². The van der Waals surface area contributed by atoms with Gasteiger partial charge in [-0.2, -0.15) is 18.3 Å². The van der Waals surface area contributed by atoms with Gasteiger partial charge in [-0.3, -0.25) is 4.68 Å². The fourth-order valence-electron chi connectivity index (χ4n) is 3.15. The lowest BCUT2D eigenvalue weighted by Gasteiger charge is -2.32. The zero-order valence-corrected chi connectivity index (χ0v) is 14.8. The lowest BCUT2D eigenvalue weighted by Crippen LogP contribution is -2.35. The molecule has 0 aromatic carbocycles. The van der Waals surface area contributed by atoms with Gasteiger partial charge in [0.1, 0.15) is 5.69 Å². The summed E-state index contributed by atoms with van der Waals surface area (Å²) in [7, 11) is 0. The van der Waals surface area contributed by atoms with Gasteiger partial charge in [-0.1, -0.05) is 65.2 Å². The van der Waals surface area contributed by atoms with Gasteiger partial charge < -0.3 is 0 Å². The van der Waals surface area contributed by atoms with Crippen molar-refractivity contribution in [2.75, 3.05) is 0 Å². The van der Waals surface area contributed by atoms with Crippen LogP contribution in [0.5, 0.6) is 0 Å². The van der Waals surface area contributed by atoms with E-state index in [0.29, 0.717) is 0 Å². The van der Waals surface area contributed by atoms with Gasteiger partial charge in [-0.25, -0.2) is 0 Å². The number of rotatable bonds is 11. The summed E-state index contributed by atoms with van der Waals surface area (Å²) in [4.78, 5) is 0. The Bertz CT molecular complexity index is 426. The highest BCUT2D eigenvalue weighted by Gasteiger charge is 2.39. The van der Waals surface area contributed by atoms with Gasteiger partial charge in [0.15, 0.2) is 0 Å². The molecule has 1 heterocycles. The predicted octanol–water partition coefficient (Wildman–Crippen LogP) is 6.56. The van der Waals surface area contributed by atoms with Crippen LogP contribution in [-0.2, 0) is 11.7 Å². The monoisotopic (exact) mass is 332 g/mol. The molecule has 2 nitrogen and oxygen atoms in total. The van der Waals surface area contributed by atoms with Crippen molar-refractivity contribution in [3.05, 3.63) is 18.0 Å². The Balaban J connectivity index is 2.87. The van der Waals surface area contributed by atoms with Crippen molar-refractivity contribution in [1.82, 2.24) is 9.78 Å². The minimum absolute atomic E-state index is 0.546. The molecule has 5 heteroatoms. The molecule has 0 unspecified atom stereocenters. The van der Waals surface area contributed by atoms with Crippen LogP contribution in [0.2, 0.25) is 0 Å². The third-order valence-corrected chi connectivity index (χ3v) is 4.58. The average Bonchev–Trinajstić information content (AvgIpc) is 2.99. The number of unbranched alkanes of at least 4 members (excludes halogenated alkanes) is 6. The maximum Gasteiger partial charge on any atom is 0.433 e. The van der Waals surface area contributed by atoms with E-state index in [1.165, 1.54) is 10.9 Å². The van der Waals surface area contributed by atoms with E-state index in [1.807, 2.05) is 6.92 Å². The summed E-state index contributed by atoms with van der Waals surface area (Å²) < 4.78 is 41.0. The van der Waals surface area contributed by atoms with E-state index in [4.69, 9.17) is 0 Å². The van der Waals surface area contributed by atoms with E-state index < -0.39 is 17.4 Å². The van der Waals surface area contributed by atoms with Crippen LogP contribution in [0.15, 0.2) is 12.3 Å². The smallest absolute Gasteiger partial charge is 0.255 e. The van der Waals surface area contributed by atoms with Gasteiger partial charge in [-0.15, -0.1) is 0 Å². The van der Waals surface area contributed by atoms with Gasteiger partial charge >= 0.3 is 6.18 Å². The van der Waals surface area contributed by atoms with E-state index in [2.05, 4.69) is 18.9 Å². The zero-order chi connectivity index (χ0) is 17.3. The summed E-state index contributed by atoms with van der Waals surface area (Å²) in [5.41, 5.74) is -1.17. The highest BCUT2D eigenvalue weighted by atomic mass is 19.4. The summed E-state index contributed by atoms with van der Waals surface area (Å²) in [6.07, 6.45) is 7.02. The minimum Gasteiger partial charge on any atom is -0.255 e. The van der Waals surface area contributed by atoms with Gasteiger partial charge in [0.2, 0.25) is 0 Å². The number of hydrogen-bond acceptors (Lipinski definition) is 1. The molecule has 0 aliphatic heterocycles. The van der Waals surface area contributed by atoms with Crippen molar-refractivity contribution < 1.29 is 13.2 Å². The molecule has 23 heavy (non-hydrogen) atoms. The van der Waals surface area contributed by atoms with Crippen molar-refractivity contribution in [3.8, 4) is 0 Å². The standard InChI is InChI=1S/C18H31F3N2/c1-4-6-8-10-13-17(3,14-11-9-7-5-2)23-16(12-15-22-23)18(19,20)21/h12,15H,4-11,13-14H2,1-3H3. The molecule has 0 amide bonds. The van der Waals surface area contributed by atoms with E-state index in [0.717, 1.165) is 70.3 Å². The van der Waals surface area contributed by atoms with Gasteiger partial charge in [0.25, 0.3) is 0 Å². The van der Waals surface area contributed by atoms with Crippen LogP contribution in [0.3, 0.4) is 0 Å². The summed E-state index contributed by atoms with van der Waals surface area (Å²) in [5, 5.41) is 4.05. The molecule has 1 aromatic heterocycles. The first-order chi connectivity index (χ1) is 10.8. The maximum atomic E-state index is 13.2. The fourth-order valence-corrected chi connectivity index (χ4v) is 3.15. The summed E-state index contributed by atoms with van der Waals surface area (Å²) in [6, 6.07) is 1.09. The van der Waals surface area contributed by atoms with Crippen molar-refractivity contribution in [2.24, 2.45) is 0 Å². The number of alkyl halides is 3. The van der Waals surface area contributed by atoms with Crippen LogP contribution in [0.4, 0.5) is 13.2 Å². The van der Waals surface area contributed by atoms with E-state index >= 15 is 0 Å². The molecular weight excluding hydrogens is 301 g/mol. The Labute approximate surface area is 138 Å². The topological polar surface area (TPSA) is 17.8 Å². The van der Waals surface area contributed by atoms with Crippen molar-refractivity contribution in [2.45, 2.75) is 96.7 Å². The Hall–Kier alpha value is -1.00. The van der Waals surface area contributed by atoms with Crippen LogP contribution in [-0.4, -0.2) is 9.78 Å². The maximum absolute atomic E-state index is 13.2. The fraction of sp³-hybridized carbons (Fsp3) is 0.833. The molecule has 0 N–H and O–H groups in total. The van der Waals surface area contributed by atoms with E-state index in [-0.39, 0.29) is 0 Å². The molecule has 0 aliphatic carbocycles. The van der Waals surface area contributed by atoms with Crippen LogP contribution in [0, 0.1) is 0 Å². The summed E-state index contributed by atoms with van der Waals surface area (Å²) >= 11 is 0. The molecule has 0 atom stereocenters. The first kappa shape index (κ1) is 20.0. The summed E-state index contributed by atoms with van der Waals surface area (Å²) in [6.45, 7) is 6.21. The first-order valence-electron chi connectivity index (χ1n) is 8.97. The molecule has 134 valence electrons. The summed E-state index contributed by atoms with van der Waals surface area (Å²) in [5.74, 6) is 0. The van der Waals surface area contributed by atoms with Gasteiger partial charge in [-0.05, 0) is 25.8 Å². The minimum atomic E-state index is -4.34. The largest absolute Gasteiger partial charge is 0.433 e. The first-order valence-corrected chi connectivity index (χ1v) is 8.97. The molecule has 0 fully saturated rings. The average molecular weight is 332 g/mol. The van der Waals surface area contributed by atoms with Crippen LogP contribution >= 0.6 is 0 Å². The van der Waals surface area contributed by atoms with Crippen LogP contribution < -0.4 is 0 Å². The zero-order valence-electron chi connectivity index (χ0n) is 14.8. The number of halogens is 3. The Morgan fingerprint density at radius 1 is 0.913 bits per heavy atom. The predicted molar refractivity (Wildman–Crippen MR) is 88.4 cm³/mol. The highest BCUT2D eigenvalue weighted by molar-refractivity contribution is 5.08.